The van der Waals surface area contributed by atoms with E-state index in [1.165, 1.54) is 18.5 Å². The van der Waals surface area contributed by atoms with E-state index in [1.807, 2.05) is 11.9 Å². The van der Waals surface area contributed by atoms with Crippen molar-refractivity contribution >= 4 is 34.7 Å². The van der Waals surface area contributed by atoms with Crippen LogP contribution in [0.3, 0.4) is 0 Å². The number of ether oxygens (including phenoxy) is 1. The zero-order chi connectivity index (χ0) is 35.8. The molecular formula is C35H41F3N8O4. The van der Waals surface area contributed by atoms with Crippen LogP contribution in [0.5, 0.6) is 0 Å². The second-order valence-electron chi connectivity index (χ2n) is 14.0. The van der Waals surface area contributed by atoms with Crippen LogP contribution in [0.25, 0.3) is 22.4 Å². The number of fused-ring (bicyclic) bond motifs is 1. The maximum absolute atomic E-state index is 14.2. The first kappa shape index (κ1) is 35.2. The highest BCUT2D eigenvalue weighted by Gasteiger charge is 2.40. The summed E-state index contributed by atoms with van der Waals surface area (Å²) in [4.78, 5) is 47.4. The van der Waals surface area contributed by atoms with Gasteiger partial charge in [-0.2, -0.15) is 18.2 Å². The Labute approximate surface area is 287 Å². The number of rotatable bonds is 13. The molecule has 2 aliphatic carbocycles. The normalized spacial score (nSPS) is 16.1. The van der Waals surface area contributed by atoms with Crippen molar-refractivity contribution in [2.45, 2.75) is 76.6 Å². The molecule has 0 unspecified atom stereocenters. The number of aliphatic carboxylic acids is 1. The monoisotopic (exact) mass is 694 g/mol. The lowest BCUT2D eigenvalue weighted by molar-refractivity contribution is -0.143. The fourth-order valence-electron chi connectivity index (χ4n) is 6.61. The van der Waals surface area contributed by atoms with E-state index in [1.54, 1.807) is 33.1 Å². The Kier molecular flexibility index (Phi) is 9.57. The van der Waals surface area contributed by atoms with E-state index in [0.29, 0.717) is 42.8 Å². The van der Waals surface area contributed by atoms with Gasteiger partial charge in [0.15, 0.2) is 5.65 Å². The van der Waals surface area contributed by atoms with Crippen LogP contribution in [-0.4, -0.2) is 74.8 Å². The largest absolute Gasteiger partial charge is 0.480 e. The quantitative estimate of drug-likeness (QED) is 0.128. The molecule has 4 aromatic heterocycles. The highest BCUT2D eigenvalue weighted by Crippen LogP contribution is 2.46. The topological polar surface area (TPSA) is 158 Å². The molecular weight excluding hydrogens is 653 g/mol. The minimum atomic E-state index is -4.57. The lowest BCUT2D eigenvalue weighted by Crippen LogP contribution is -2.46. The predicted octanol–water partition coefficient (Wildman–Crippen LogP) is 6.16. The molecule has 0 spiro atoms. The number of methoxy groups -OCH3 is 1. The predicted molar refractivity (Wildman–Crippen MR) is 181 cm³/mol. The van der Waals surface area contributed by atoms with Gasteiger partial charge in [-0.05, 0) is 63.3 Å². The maximum atomic E-state index is 14.2. The van der Waals surface area contributed by atoms with Crippen LogP contribution < -0.4 is 15.5 Å². The zero-order valence-electron chi connectivity index (χ0n) is 28.4. The minimum absolute atomic E-state index is 0.0641. The zero-order valence-corrected chi connectivity index (χ0v) is 28.4. The molecule has 4 heterocycles. The molecule has 0 aliphatic heterocycles. The number of alkyl halides is 3. The SMILES string of the molecule is COCC1(CN(C)c2cc(-c3cnc(C4CC4)c(C(F)(F)F)c3)nc3nc(NC(=O)c4ccc(CNC(C)(C)C(=O)O)cn4)[nH]c23)CCCC1. The third-order valence-corrected chi connectivity index (χ3v) is 9.58. The number of nitrogens with zero attached hydrogens (tertiary/aromatic N) is 5. The number of hydrogen-bond donors (Lipinski definition) is 4. The number of aromatic amines is 1. The summed E-state index contributed by atoms with van der Waals surface area (Å²) in [5, 5.41) is 15.0. The third-order valence-electron chi connectivity index (χ3n) is 9.58. The van der Waals surface area contributed by atoms with E-state index in [2.05, 4.69) is 35.6 Å². The molecule has 0 saturated heterocycles. The average molecular weight is 695 g/mol. The van der Waals surface area contributed by atoms with E-state index >= 15 is 0 Å². The molecule has 4 N–H and O–H groups in total. The smallest absolute Gasteiger partial charge is 0.418 e. The highest BCUT2D eigenvalue weighted by molar-refractivity contribution is 6.03. The molecule has 50 heavy (non-hydrogen) atoms. The van der Waals surface area contributed by atoms with Crippen molar-refractivity contribution in [2.24, 2.45) is 5.41 Å². The number of hydrogen-bond acceptors (Lipinski definition) is 9. The first-order valence-corrected chi connectivity index (χ1v) is 16.6. The summed E-state index contributed by atoms with van der Waals surface area (Å²) in [6, 6.07) is 6.04. The number of amides is 1. The molecule has 2 saturated carbocycles. The number of nitrogens with one attached hydrogen (secondary N) is 3. The Bertz CT molecular complexity index is 1880. The standard InChI is InChI=1S/C35H41F3N8O4/c1-33(2,31(48)49)41-16-20-7-10-24(39-15-20)30(47)45-32-43-28-26(46(3)18-34(19-50-4)11-5-6-12-34)14-25(42-29(28)44-32)22-13-23(35(36,37)38)27(40-17-22)21-8-9-21/h7,10,13-15,17,21,41H,5-6,8-9,11-12,16,18-19H2,1-4H3,(H,48,49)(H2,42,43,44,45,47). The van der Waals surface area contributed by atoms with Gasteiger partial charge >= 0.3 is 12.1 Å². The van der Waals surface area contributed by atoms with Gasteiger partial charge in [0.2, 0.25) is 5.95 Å². The summed E-state index contributed by atoms with van der Waals surface area (Å²) in [6.07, 6.45) is 3.85. The van der Waals surface area contributed by atoms with Crippen LogP contribution in [-0.2, 0) is 22.3 Å². The van der Waals surface area contributed by atoms with Gasteiger partial charge in [-0.25, -0.2) is 4.98 Å². The van der Waals surface area contributed by atoms with Crippen LogP contribution in [0, 0.1) is 5.41 Å². The maximum Gasteiger partial charge on any atom is 0.418 e. The summed E-state index contributed by atoms with van der Waals surface area (Å²) >= 11 is 0. The molecule has 4 aromatic rings. The van der Waals surface area contributed by atoms with Crippen LogP contribution in [0.1, 0.15) is 85.6 Å². The number of carbonyl (C=O) groups is 2. The van der Waals surface area contributed by atoms with Gasteiger partial charge < -0.3 is 19.7 Å². The van der Waals surface area contributed by atoms with E-state index in [-0.39, 0.29) is 52.1 Å². The Morgan fingerprint density at radius 3 is 2.46 bits per heavy atom. The lowest BCUT2D eigenvalue weighted by Gasteiger charge is -2.34. The molecule has 266 valence electrons. The highest BCUT2D eigenvalue weighted by atomic mass is 19.4. The van der Waals surface area contributed by atoms with Gasteiger partial charge in [-0.3, -0.25) is 30.2 Å². The van der Waals surface area contributed by atoms with Crippen LogP contribution in [0.15, 0.2) is 36.7 Å². The van der Waals surface area contributed by atoms with Gasteiger partial charge in [0.25, 0.3) is 5.91 Å². The molecule has 12 nitrogen and oxygen atoms in total. The van der Waals surface area contributed by atoms with Gasteiger partial charge in [0, 0.05) is 56.5 Å². The van der Waals surface area contributed by atoms with Crippen molar-refractivity contribution in [1.29, 1.82) is 0 Å². The van der Waals surface area contributed by atoms with Gasteiger partial charge in [0.1, 0.15) is 16.7 Å². The molecule has 1 amide bonds. The summed E-state index contributed by atoms with van der Waals surface area (Å²) in [7, 11) is 3.60. The van der Waals surface area contributed by atoms with Crippen molar-refractivity contribution in [3.63, 3.8) is 0 Å². The number of imidazole rings is 1. The number of carbonyl (C=O) groups excluding carboxylic acids is 1. The van der Waals surface area contributed by atoms with Crippen molar-refractivity contribution in [1.82, 2.24) is 30.2 Å². The average Bonchev–Trinajstić information content (AvgIpc) is 3.69. The number of H-pyrrole nitrogens is 1. The molecule has 0 bridgehead atoms. The fraction of sp³-hybridized carbons (Fsp3) is 0.486. The molecule has 2 aliphatic rings. The number of aromatic nitrogens is 5. The molecule has 6 rings (SSSR count). The Balaban J connectivity index is 1.32. The van der Waals surface area contributed by atoms with E-state index in [9.17, 15) is 27.9 Å². The Morgan fingerprint density at radius 1 is 1.10 bits per heavy atom. The summed E-state index contributed by atoms with van der Waals surface area (Å²) < 4.78 is 48.1. The van der Waals surface area contributed by atoms with Crippen molar-refractivity contribution in [2.75, 3.05) is 37.5 Å². The fourth-order valence-corrected chi connectivity index (χ4v) is 6.61. The second kappa shape index (κ2) is 13.6. The van der Waals surface area contributed by atoms with Crippen LogP contribution in [0.2, 0.25) is 0 Å². The minimum Gasteiger partial charge on any atom is -0.480 e. The second-order valence-corrected chi connectivity index (χ2v) is 14.0. The number of carboxylic acid groups (broad SMARTS) is 1. The number of carboxylic acids is 1. The van der Waals surface area contributed by atoms with Gasteiger partial charge in [-0.15, -0.1) is 0 Å². The van der Waals surface area contributed by atoms with Crippen molar-refractivity contribution < 1.29 is 32.6 Å². The van der Waals surface area contributed by atoms with Crippen molar-refractivity contribution in [3.8, 4) is 11.3 Å². The van der Waals surface area contributed by atoms with E-state index < -0.39 is 29.2 Å². The third kappa shape index (κ3) is 7.58. The molecule has 15 heteroatoms. The molecule has 0 atom stereocenters. The van der Waals surface area contributed by atoms with Gasteiger partial charge in [-0.1, -0.05) is 18.9 Å². The van der Waals surface area contributed by atoms with Crippen molar-refractivity contribution in [3.05, 3.63) is 59.2 Å². The summed E-state index contributed by atoms with van der Waals surface area (Å²) in [5.41, 5.74) is 0.711. The van der Waals surface area contributed by atoms with Crippen LogP contribution >= 0.6 is 0 Å². The first-order chi connectivity index (χ1) is 23.7. The molecule has 2 fully saturated rings. The molecule has 0 radical (unpaired) electrons. The Morgan fingerprint density at radius 2 is 1.84 bits per heavy atom. The first-order valence-electron chi connectivity index (χ1n) is 16.6. The Hall–Kier alpha value is -4.63. The van der Waals surface area contributed by atoms with E-state index in [4.69, 9.17) is 4.74 Å². The lowest BCUT2D eigenvalue weighted by atomic mass is 9.86. The van der Waals surface area contributed by atoms with E-state index in [0.717, 1.165) is 31.7 Å². The molecule has 0 aromatic carbocycles. The number of halogens is 3. The van der Waals surface area contributed by atoms with Gasteiger partial charge in [0.05, 0.1) is 29.2 Å². The summed E-state index contributed by atoms with van der Waals surface area (Å²) in [6.45, 7) is 4.53. The van der Waals surface area contributed by atoms with Crippen LogP contribution in [0.4, 0.5) is 24.8 Å². The summed E-state index contributed by atoms with van der Waals surface area (Å²) in [5.74, 6) is -1.65. The number of anilines is 2. The number of pyridine rings is 3.